The molecule has 5 nitrogen and oxygen atoms in total. The minimum absolute atomic E-state index is 0.113. The number of nitrogens with zero attached hydrogens (tertiary/aromatic N) is 1. The van der Waals surface area contributed by atoms with Crippen molar-refractivity contribution in [1.29, 1.82) is 0 Å². The SMILES string of the molecule is CC(C)(C)c1nc2cc(NC(=O)NC(C3CC3)C3CC3)ccc2o1. The van der Waals surface area contributed by atoms with Crippen molar-refractivity contribution in [2.75, 3.05) is 5.32 Å². The van der Waals surface area contributed by atoms with Gasteiger partial charge in [-0.2, -0.15) is 0 Å². The summed E-state index contributed by atoms with van der Waals surface area (Å²) in [5, 5.41) is 6.12. The van der Waals surface area contributed by atoms with Crippen molar-refractivity contribution < 1.29 is 9.21 Å². The van der Waals surface area contributed by atoms with Gasteiger partial charge in [0.2, 0.25) is 5.89 Å². The number of hydrogen-bond acceptors (Lipinski definition) is 3. The van der Waals surface area contributed by atoms with Gasteiger partial charge in [-0.05, 0) is 55.7 Å². The van der Waals surface area contributed by atoms with Crippen molar-refractivity contribution in [1.82, 2.24) is 10.3 Å². The number of aromatic nitrogens is 1. The Balaban J connectivity index is 1.46. The summed E-state index contributed by atoms with van der Waals surface area (Å²) in [6, 6.07) is 5.84. The lowest BCUT2D eigenvalue weighted by Gasteiger charge is -2.18. The van der Waals surface area contributed by atoms with Gasteiger partial charge in [0.25, 0.3) is 0 Å². The second kappa shape index (κ2) is 5.50. The second-order valence-electron chi connectivity index (χ2n) is 8.25. The molecular weight excluding hydrogens is 302 g/mol. The number of anilines is 1. The third-order valence-corrected chi connectivity index (χ3v) is 4.84. The molecule has 5 heteroatoms. The van der Waals surface area contributed by atoms with Gasteiger partial charge in [0, 0.05) is 17.1 Å². The third-order valence-electron chi connectivity index (χ3n) is 4.84. The number of benzene rings is 1. The van der Waals surface area contributed by atoms with E-state index in [-0.39, 0.29) is 11.4 Å². The Hall–Kier alpha value is -2.04. The molecule has 2 aliphatic rings. The molecule has 0 atom stereocenters. The van der Waals surface area contributed by atoms with Gasteiger partial charge in [-0.3, -0.25) is 0 Å². The van der Waals surface area contributed by atoms with Gasteiger partial charge < -0.3 is 15.1 Å². The minimum Gasteiger partial charge on any atom is -0.440 e. The molecule has 0 spiro atoms. The highest BCUT2D eigenvalue weighted by Gasteiger charge is 2.42. The van der Waals surface area contributed by atoms with Crippen molar-refractivity contribution in [3.8, 4) is 0 Å². The van der Waals surface area contributed by atoms with Gasteiger partial charge in [-0.15, -0.1) is 0 Å². The Kier molecular flexibility index (Phi) is 3.55. The Morgan fingerprint density at radius 2 is 1.88 bits per heavy atom. The molecule has 2 amide bonds. The average molecular weight is 327 g/mol. The smallest absolute Gasteiger partial charge is 0.319 e. The Bertz CT molecular complexity index is 755. The predicted octanol–water partition coefficient (Wildman–Crippen LogP) is 4.44. The Morgan fingerprint density at radius 3 is 2.46 bits per heavy atom. The van der Waals surface area contributed by atoms with Crippen LogP contribution in [0.1, 0.15) is 52.3 Å². The molecule has 2 aromatic rings. The fraction of sp³-hybridized carbons (Fsp3) is 0.579. The number of fused-ring (bicyclic) bond motifs is 1. The summed E-state index contributed by atoms with van der Waals surface area (Å²) in [6.07, 6.45) is 5.01. The van der Waals surface area contributed by atoms with Gasteiger partial charge in [-0.25, -0.2) is 9.78 Å². The zero-order chi connectivity index (χ0) is 16.9. The van der Waals surface area contributed by atoms with Crippen molar-refractivity contribution in [2.24, 2.45) is 11.8 Å². The molecule has 24 heavy (non-hydrogen) atoms. The molecule has 0 aliphatic heterocycles. The molecule has 0 bridgehead atoms. The summed E-state index contributed by atoms with van der Waals surface area (Å²) in [5.41, 5.74) is 2.14. The lowest BCUT2D eigenvalue weighted by Crippen LogP contribution is -2.40. The number of carbonyl (C=O) groups excluding carboxylic acids is 1. The van der Waals surface area contributed by atoms with E-state index in [1.807, 2.05) is 18.2 Å². The number of hydrogen-bond donors (Lipinski definition) is 2. The molecule has 0 unspecified atom stereocenters. The Labute approximate surface area is 142 Å². The third kappa shape index (κ3) is 3.25. The molecule has 2 fully saturated rings. The van der Waals surface area contributed by atoms with Crippen LogP contribution in [-0.2, 0) is 5.41 Å². The fourth-order valence-corrected chi connectivity index (χ4v) is 3.18. The zero-order valence-corrected chi connectivity index (χ0v) is 14.6. The molecule has 2 N–H and O–H groups in total. The Morgan fingerprint density at radius 1 is 1.21 bits per heavy atom. The van der Waals surface area contributed by atoms with Crippen molar-refractivity contribution >= 4 is 22.8 Å². The average Bonchev–Trinajstić information content (AvgIpc) is 3.41. The molecule has 4 rings (SSSR count). The largest absolute Gasteiger partial charge is 0.440 e. The molecule has 0 saturated heterocycles. The zero-order valence-electron chi connectivity index (χ0n) is 14.6. The molecule has 2 aliphatic carbocycles. The van der Waals surface area contributed by atoms with Crippen molar-refractivity contribution in [2.45, 2.75) is 57.9 Å². The van der Waals surface area contributed by atoms with Crippen LogP contribution >= 0.6 is 0 Å². The minimum atomic E-state index is -0.133. The predicted molar refractivity (Wildman–Crippen MR) is 94.1 cm³/mol. The first-order valence-electron chi connectivity index (χ1n) is 8.89. The highest BCUT2D eigenvalue weighted by molar-refractivity contribution is 5.91. The highest BCUT2D eigenvalue weighted by atomic mass is 16.3. The molecular formula is C19H25N3O2. The van der Waals surface area contributed by atoms with E-state index in [0.29, 0.717) is 23.8 Å². The maximum Gasteiger partial charge on any atom is 0.319 e. The first kappa shape index (κ1) is 15.5. The van der Waals surface area contributed by atoms with E-state index in [1.165, 1.54) is 25.7 Å². The standard InChI is InChI=1S/C19H25N3O2/c1-19(2,3)17-21-14-10-13(8-9-15(14)24-17)20-18(23)22-16(11-4-5-11)12-6-7-12/h8-12,16H,4-7H2,1-3H3,(H2,20,22,23). The van der Waals surface area contributed by atoms with Gasteiger partial charge >= 0.3 is 6.03 Å². The van der Waals surface area contributed by atoms with Gasteiger partial charge in [0.1, 0.15) is 5.52 Å². The lowest BCUT2D eigenvalue weighted by molar-refractivity contribution is 0.245. The van der Waals surface area contributed by atoms with Crippen LogP contribution in [0.3, 0.4) is 0 Å². The molecule has 1 heterocycles. The van der Waals surface area contributed by atoms with E-state index in [0.717, 1.165) is 16.8 Å². The van der Waals surface area contributed by atoms with E-state index in [4.69, 9.17) is 4.42 Å². The molecule has 1 aromatic heterocycles. The van der Waals surface area contributed by atoms with Crippen molar-refractivity contribution in [3.05, 3.63) is 24.1 Å². The summed E-state index contributed by atoms with van der Waals surface area (Å²) in [6.45, 7) is 6.21. The summed E-state index contributed by atoms with van der Waals surface area (Å²) in [7, 11) is 0. The quantitative estimate of drug-likeness (QED) is 0.872. The van der Waals surface area contributed by atoms with Crippen LogP contribution in [0.5, 0.6) is 0 Å². The van der Waals surface area contributed by atoms with Crippen LogP contribution in [0.4, 0.5) is 10.5 Å². The van der Waals surface area contributed by atoms with E-state index in [1.54, 1.807) is 0 Å². The number of oxazole rings is 1. The van der Waals surface area contributed by atoms with Gasteiger partial charge in [0.05, 0.1) is 0 Å². The monoisotopic (exact) mass is 327 g/mol. The number of rotatable bonds is 4. The van der Waals surface area contributed by atoms with Crippen LogP contribution in [0.25, 0.3) is 11.1 Å². The molecule has 1 aromatic carbocycles. The number of nitrogens with one attached hydrogen (secondary N) is 2. The van der Waals surface area contributed by atoms with Crippen LogP contribution in [0.2, 0.25) is 0 Å². The molecule has 2 saturated carbocycles. The summed E-state index contributed by atoms with van der Waals surface area (Å²) >= 11 is 0. The topological polar surface area (TPSA) is 67.2 Å². The lowest BCUT2D eigenvalue weighted by atomic mass is 9.97. The molecule has 128 valence electrons. The fourth-order valence-electron chi connectivity index (χ4n) is 3.18. The summed E-state index contributed by atoms with van der Waals surface area (Å²) in [5.74, 6) is 2.09. The first-order chi connectivity index (χ1) is 11.4. The van der Waals surface area contributed by atoms with Crippen LogP contribution < -0.4 is 10.6 Å². The van der Waals surface area contributed by atoms with E-state index in [9.17, 15) is 4.79 Å². The van der Waals surface area contributed by atoms with Gasteiger partial charge in [0.15, 0.2) is 5.58 Å². The van der Waals surface area contributed by atoms with Crippen LogP contribution in [0.15, 0.2) is 22.6 Å². The van der Waals surface area contributed by atoms with Crippen LogP contribution in [0, 0.1) is 11.8 Å². The van der Waals surface area contributed by atoms with Crippen LogP contribution in [-0.4, -0.2) is 17.1 Å². The number of amides is 2. The van der Waals surface area contributed by atoms with E-state index in [2.05, 4.69) is 36.4 Å². The number of carbonyl (C=O) groups is 1. The van der Waals surface area contributed by atoms with Gasteiger partial charge in [-0.1, -0.05) is 20.8 Å². The van der Waals surface area contributed by atoms with E-state index < -0.39 is 0 Å². The summed E-state index contributed by atoms with van der Waals surface area (Å²) < 4.78 is 5.80. The van der Waals surface area contributed by atoms with E-state index >= 15 is 0 Å². The van der Waals surface area contributed by atoms with Crippen molar-refractivity contribution in [3.63, 3.8) is 0 Å². The normalized spacial score (nSPS) is 18.2. The highest BCUT2D eigenvalue weighted by Crippen LogP contribution is 2.44. The summed E-state index contributed by atoms with van der Waals surface area (Å²) in [4.78, 5) is 16.9. The maximum absolute atomic E-state index is 12.3. The number of urea groups is 1. The first-order valence-corrected chi connectivity index (χ1v) is 8.89. The molecule has 0 radical (unpaired) electrons. The maximum atomic E-state index is 12.3. The second-order valence-corrected chi connectivity index (χ2v) is 8.25.